The van der Waals surface area contributed by atoms with Gasteiger partial charge in [-0.2, -0.15) is 0 Å². The average molecular weight is 510 g/mol. The maximum atomic E-state index is 12.4. The zero-order chi connectivity index (χ0) is 26.3. The molecule has 0 aliphatic carbocycles. The fraction of sp³-hybridized carbons (Fsp3) is 0.581. The number of carbonyl (C=O) groups is 1. The van der Waals surface area contributed by atoms with E-state index in [1.54, 1.807) is 0 Å². The largest absolute Gasteiger partial charge is 0.463 e. The van der Waals surface area contributed by atoms with Crippen molar-refractivity contribution in [2.45, 2.75) is 90.1 Å². The molecule has 202 valence electrons. The number of carbonyl (C=O) groups excluding carboxylic acids is 1. The molecule has 0 N–H and O–H groups in total. The Bertz CT molecular complexity index is 1020. The van der Waals surface area contributed by atoms with Crippen LogP contribution in [0.4, 0.5) is 4.79 Å². The van der Waals surface area contributed by atoms with Gasteiger partial charge < -0.3 is 23.8 Å². The Kier molecular flexibility index (Phi) is 9.14. The fourth-order valence-electron chi connectivity index (χ4n) is 5.03. The van der Waals surface area contributed by atoms with Crippen molar-refractivity contribution in [2.24, 2.45) is 0 Å². The molecular formula is C31H43NO5. The molecule has 6 nitrogen and oxygen atoms in total. The van der Waals surface area contributed by atoms with E-state index in [0.717, 1.165) is 75.2 Å². The van der Waals surface area contributed by atoms with Crippen LogP contribution in [0, 0.1) is 0 Å². The van der Waals surface area contributed by atoms with Crippen LogP contribution in [-0.2, 0) is 26.2 Å². The van der Waals surface area contributed by atoms with Gasteiger partial charge in [0.25, 0.3) is 0 Å². The van der Waals surface area contributed by atoms with Crippen LogP contribution >= 0.6 is 0 Å². The molecule has 4 rings (SSSR count). The van der Waals surface area contributed by atoms with Gasteiger partial charge in [0, 0.05) is 39.2 Å². The van der Waals surface area contributed by atoms with Gasteiger partial charge in [-0.05, 0) is 54.4 Å². The molecule has 1 amide bonds. The number of hydrogen-bond donors (Lipinski definition) is 0. The number of cyclic esters (lactones) is 1. The van der Waals surface area contributed by atoms with Crippen molar-refractivity contribution in [3.05, 3.63) is 65.2 Å². The summed E-state index contributed by atoms with van der Waals surface area (Å²) in [7, 11) is 0. The van der Waals surface area contributed by atoms with E-state index in [2.05, 4.69) is 44.2 Å². The Morgan fingerprint density at radius 2 is 1.76 bits per heavy atom. The Balaban J connectivity index is 1.07. The number of hydrogen-bond acceptors (Lipinski definition) is 5. The Morgan fingerprint density at radius 1 is 1.00 bits per heavy atom. The van der Waals surface area contributed by atoms with Crippen LogP contribution in [0.3, 0.4) is 0 Å². The van der Waals surface area contributed by atoms with E-state index < -0.39 is 5.79 Å². The number of fused-ring (bicyclic) bond motifs is 1. The van der Waals surface area contributed by atoms with Crippen molar-refractivity contribution in [3.63, 3.8) is 0 Å². The molecule has 1 atom stereocenters. The van der Waals surface area contributed by atoms with Gasteiger partial charge in [0.2, 0.25) is 5.79 Å². The first-order valence-corrected chi connectivity index (χ1v) is 13.8. The first kappa shape index (κ1) is 27.5. The van der Waals surface area contributed by atoms with Crippen LogP contribution < -0.4 is 4.74 Å². The number of amides is 1. The zero-order valence-electron chi connectivity index (χ0n) is 23.0. The van der Waals surface area contributed by atoms with Crippen LogP contribution in [0.5, 0.6) is 5.75 Å². The van der Waals surface area contributed by atoms with Gasteiger partial charge in [0.05, 0.1) is 13.2 Å². The molecule has 2 aromatic rings. The van der Waals surface area contributed by atoms with E-state index >= 15 is 0 Å². The van der Waals surface area contributed by atoms with Gasteiger partial charge in [0.1, 0.15) is 11.9 Å². The van der Waals surface area contributed by atoms with Crippen molar-refractivity contribution in [1.29, 1.82) is 0 Å². The van der Waals surface area contributed by atoms with Crippen molar-refractivity contribution in [3.8, 4) is 5.75 Å². The number of nitrogens with zero attached hydrogens (tertiary/aromatic N) is 1. The molecule has 0 aromatic heterocycles. The predicted molar refractivity (Wildman–Crippen MR) is 145 cm³/mol. The topological polar surface area (TPSA) is 57.2 Å². The van der Waals surface area contributed by atoms with Gasteiger partial charge in [-0.15, -0.1) is 0 Å². The summed E-state index contributed by atoms with van der Waals surface area (Å²) in [5.41, 5.74) is 3.55. The normalized spacial score (nSPS) is 18.9. The third-order valence-electron chi connectivity index (χ3n) is 7.39. The van der Waals surface area contributed by atoms with E-state index in [-0.39, 0.29) is 17.6 Å². The highest BCUT2D eigenvalue weighted by molar-refractivity contribution is 5.70. The molecule has 1 fully saturated rings. The zero-order valence-corrected chi connectivity index (χ0v) is 23.0. The summed E-state index contributed by atoms with van der Waals surface area (Å²) in [6.07, 6.45) is 5.97. The molecule has 1 saturated heterocycles. The third kappa shape index (κ3) is 7.71. The highest BCUT2D eigenvalue weighted by atomic mass is 16.7. The highest BCUT2D eigenvalue weighted by Gasteiger charge is 2.33. The van der Waals surface area contributed by atoms with Crippen LogP contribution in [0.2, 0.25) is 0 Å². The molecule has 0 bridgehead atoms. The SMILES string of the molecule is CC1(C)OCc2cc([C@@H]3CN(CCCCCCOCCCC(C)(C)c4ccccc4)C(=O)O3)ccc2O1. The minimum atomic E-state index is -0.614. The molecular weight excluding hydrogens is 466 g/mol. The van der Waals surface area contributed by atoms with Gasteiger partial charge in [0.15, 0.2) is 0 Å². The number of rotatable bonds is 13. The molecule has 0 radical (unpaired) electrons. The lowest BCUT2D eigenvalue weighted by Crippen LogP contribution is -2.35. The van der Waals surface area contributed by atoms with E-state index in [1.807, 2.05) is 36.9 Å². The summed E-state index contributed by atoms with van der Waals surface area (Å²) in [6, 6.07) is 16.7. The van der Waals surface area contributed by atoms with Crippen molar-refractivity contribution in [1.82, 2.24) is 4.90 Å². The van der Waals surface area contributed by atoms with Gasteiger partial charge in [-0.1, -0.05) is 63.1 Å². The van der Waals surface area contributed by atoms with Crippen LogP contribution in [0.15, 0.2) is 48.5 Å². The lowest BCUT2D eigenvalue weighted by atomic mass is 9.81. The Hall–Kier alpha value is -2.57. The first-order valence-electron chi connectivity index (χ1n) is 13.8. The van der Waals surface area contributed by atoms with Crippen LogP contribution in [0.1, 0.15) is 89.0 Å². The standard InChI is InChI=1S/C31H43NO5/c1-30(2,26-13-8-7-9-14-26)17-12-20-34-19-11-6-5-10-18-32-22-28(36-29(32)33)24-15-16-27-25(21-24)23-35-31(3,4)37-27/h7-9,13-16,21,28H,5-6,10-12,17-20,22-23H2,1-4H3/t28-/m0/s1. The number of ether oxygens (including phenoxy) is 4. The predicted octanol–water partition coefficient (Wildman–Crippen LogP) is 7.16. The second-order valence-corrected chi connectivity index (χ2v) is 11.4. The number of unbranched alkanes of at least 4 members (excludes halogenated alkanes) is 3. The van der Waals surface area contributed by atoms with E-state index in [4.69, 9.17) is 18.9 Å². The minimum Gasteiger partial charge on any atom is -0.463 e. The fourth-order valence-corrected chi connectivity index (χ4v) is 5.03. The molecule has 37 heavy (non-hydrogen) atoms. The molecule has 2 heterocycles. The second kappa shape index (κ2) is 12.3. The smallest absolute Gasteiger partial charge is 0.410 e. The van der Waals surface area contributed by atoms with Crippen LogP contribution in [-0.4, -0.2) is 43.1 Å². The van der Waals surface area contributed by atoms with Crippen molar-refractivity contribution >= 4 is 6.09 Å². The summed E-state index contributed by atoms with van der Waals surface area (Å²) in [5, 5.41) is 0. The third-order valence-corrected chi connectivity index (χ3v) is 7.39. The molecule has 0 unspecified atom stereocenters. The number of benzene rings is 2. The Labute approximate surface area is 222 Å². The maximum Gasteiger partial charge on any atom is 0.410 e. The summed E-state index contributed by atoms with van der Waals surface area (Å²) >= 11 is 0. The van der Waals surface area contributed by atoms with Crippen molar-refractivity contribution < 1.29 is 23.7 Å². The summed E-state index contributed by atoms with van der Waals surface area (Å²) in [6.45, 7) is 11.9. The van der Waals surface area contributed by atoms with E-state index in [0.29, 0.717) is 13.2 Å². The van der Waals surface area contributed by atoms with Gasteiger partial charge in [-0.25, -0.2) is 4.79 Å². The summed E-state index contributed by atoms with van der Waals surface area (Å²) < 4.78 is 23.2. The van der Waals surface area contributed by atoms with E-state index in [1.165, 1.54) is 5.56 Å². The average Bonchev–Trinajstić information content (AvgIpc) is 3.25. The molecule has 2 aromatic carbocycles. The lowest BCUT2D eigenvalue weighted by molar-refractivity contribution is -0.180. The summed E-state index contributed by atoms with van der Waals surface area (Å²) in [4.78, 5) is 14.2. The Morgan fingerprint density at radius 3 is 2.57 bits per heavy atom. The molecule has 2 aliphatic heterocycles. The van der Waals surface area contributed by atoms with Crippen molar-refractivity contribution in [2.75, 3.05) is 26.3 Å². The quantitative estimate of drug-likeness (QED) is 0.268. The van der Waals surface area contributed by atoms with Gasteiger partial charge in [-0.3, -0.25) is 0 Å². The molecule has 2 aliphatic rings. The first-order chi connectivity index (χ1) is 17.7. The monoisotopic (exact) mass is 509 g/mol. The second-order valence-electron chi connectivity index (χ2n) is 11.4. The van der Waals surface area contributed by atoms with Crippen LogP contribution in [0.25, 0.3) is 0 Å². The summed E-state index contributed by atoms with van der Waals surface area (Å²) in [5.74, 6) is 0.220. The maximum absolute atomic E-state index is 12.4. The van der Waals surface area contributed by atoms with Gasteiger partial charge >= 0.3 is 6.09 Å². The molecule has 0 saturated carbocycles. The lowest BCUT2D eigenvalue weighted by Gasteiger charge is -2.32. The van der Waals surface area contributed by atoms with E-state index in [9.17, 15) is 4.79 Å². The highest BCUT2D eigenvalue weighted by Crippen LogP contribution is 2.35. The molecule has 0 spiro atoms. The minimum absolute atomic E-state index is 0.181. The molecule has 6 heteroatoms.